The molecule has 1 aliphatic rings. The maximum Gasteiger partial charge on any atom is 0.194 e. The number of hydrogen-bond acceptors (Lipinski definition) is 2. The minimum absolute atomic E-state index is 0.123. The highest BCUT2D eigenvalue weighted by Gasteiger charge is 2.53. The van der Waals surface area contributed by atoms with E-state index in [9.17, 15) is 0 Å². The molecule has 1 N–H and O–H groups in total. The molecule has 1 saturated heterocycles. The second-order valence-electron chi connectivity index (χ2n) is 6.52. The monoisotopic (exact) mass is 274 g/mol. The number of aliphatic imine (C=N–C) groups is 1. The smallest absolute Gasteiger partial charge is 0.194 e. The zero-order valence-corrected chi connectivity index (χ0v) is 13.3. The Morgan fingerprint density at radius 2 is 2.10 bits per heavy atom. The van der Waals surface area contributed by atoms with Gasteiger partial charge in [0.2, 0.25) is 0 Å². The van der Waals surface area contributed by atoms with Gasteiger partial charge in [-0.2, -0.15) is 0 Å². The third-order valence-corrected chi connectivity index (χ3v) is 4.59. The molecule has 1 aliphatic heterocycles. The highest BCUT2D eigenvalue weighted by molar-refractivity contribution is 5.82. The van der Waals surface area contributed by atoms with Gasteiger partial charge in [0.25, 0.3) is 0 Å². The van der Waals surface area contributed by atoms with Crippen molar-refractivity contribution >= 4 is 5.96 Å². The Hall–Kier alpha value is -1.58. The fourth-order valence-electron chi connectivity index (χ4n) is 2.44. The maximum absolute atomic E-state index is 4.74. The van der Waals surface area contributed by atoms with E-state index in [1.54, 1.807) is 0 Å². The topological polar surface area (TPSA) is 40.5 Å². The van der Waals surface area contributed by atoms with Crippen LogP contribution in [0.15, 0.2) is 29.4 Å². The van der Waals surface area contributed by atoms with Gasteiger partial charge < -0.3 is 10.2 Å². The van der Waals surface area contributed by atoms with Crippen LogP contribution in [0.4, 0.5) is 0 Å². The van der Waals surface area contributed by atoms with Crippen LogP contribution in [0.2, 0.25) is 0 Å². The average Bonchev–Trinajstić information content (AvgIpc) is 2.42. The predicted molar refractivity (Wildman–Crippen MR) is 83.6 cm³/mol. The van der Waals surface area contributed by atoms with Crippen molar-refractivity contribution in [3.63, 3.8) is 0 Å². The zero-order chi connectivity index (χ0) is 14.8. The summed E-state index contributed by atoms with van der Waals surface area (Å²) in [5, 5.41) is 3.40. The number of aromatic nitrogens is 1. The zero-order valence-electron chi connectivity index (χ0n) is 13.3. The summed E-state index contributed by atoms with van der Waals surface area (Å²) in [7, 11) is 0. The molecule has 2 rings (SSSR count). The van der Waals surface area contributed by atoms with E-state index in [0.717, 1.165) is 24.7 Å². The van der Waals surface area contributed by atoms with Gasteiger partial charge in [-0.1, -0.05) is 19.9 Å². The van der Waals surface area contributed by atoms with Crippen LogP contribution in [-0.2, 0) is 6.54 Å². The first-order valence-corrected chi connectivity index (χ1v) is 7.34. The van der Waals surface area contributed by atoms with E-state index in [2.05, 4.69) is 49.8 Å². The van der Waals surface area contributed by atoms with Crippen LogP contribution in [0.5, 0.6) is 0 Å². The summed E-state index contributed by atoms with van der Waals surface area (Å²) < 4.78 is 0. The second kappa shape index (κ2) is 5.43. The molecule has 1 fully saturated rings. The number of likely N-dealkylation sites (tertiary alicyclic amines) is 1. The van der Waals surface area contributed by atoms with E-state index in [0.29, 0.717) is 12.0 Å². The fraction of sp³-hybridized carbons (Fsp3) is 0.625. The largest absolute Gasteiger partial charge is 0.356 e. The van der Waals surface area contributed by atoms with Crippen LogP contribution < -0.4 is 5.32 Å². The molecule has 0 saturated carbocycles. The van der Waals surface area contributed by atoms with Crippen molar-refractivity contribution in [2.24, 2.45) is 10.4 Å². The molecule has 1 aromatic rings. The van der Waals surface area contributed by atoms with Crippen LogP contribution in [0.25, 0.3) is 0 Å². The number of guanidine groups is 1. The van der Waals surface area contributed by atoms with E-state index >= 15 is 0 Å². The van der Waals surface area contributed by atoms with Crippen molar-refractivity contribution < 1.29 is 0 Å². The summed E-state index contributed by atoms with van der Waals surface area (Å²) in [5.74, 6) is 0.988. The highest BCUT2D eigenvalue weighted by atomic mass is 15.4. The summed E-state index contributed by atoms with van der Waals surface area (Å²) in [6.07, 6.45) is 1.81. The molecule has 0 amide bonds. The van der Waals surface area contributed by atoms with Crippen molar-refractivity contribution in [3.8, 4) is 0 Å². The molecule has 0 unspecified atom stereocenters. The first-order chi connectivity index (χ1) is 9.38. The Balaban J connectivity index is 2.12. The lowest BCUT2D eigenvalue weighted by Crippen LogP contribution is -2.72. The molecule has 4 heteroatoms. The summed E-state index contributed by atoms with van der Waals surface area (Å²) in [5.41, 5.74) is 1.44. The Kier molecular flexibility index (Phi) is 4.02. The summed E-state index contributed by atoms with van der Waals surface area (Å²) in [4.78, 5) is 11.4. The van der Waals surface area contributed by atoms with E-state index in [1.165, 1.54) is 0 Å². The minimum Gasteiger partial charge on any atom is -0.356 e. The SMILES string of the molecule is CCNC(=NCc1ccccn1)N1CC(C)(C)C1(C)C. The Labute approximate surface area is 122 Å². The Morgan fingerprint density at radius 1 is 1.35 bits per heavy atom. The molecule has 0 radical (unpaired) electrons. The standard InChI is InChI=1S/C16H26N4/c1-6-17-14(19-11-13-9-7-8-10-18-13)20-12-15(2,3)16(20,4)5/h7-10H,6,11-12H2,1-5H3,(H,17,19). The molecule has 0 bridgehead atoms. The molecule has 110 valence electrons. The van der Waals surface area contributed by atoms with Crippen molar-refractivity contribution in [2.75, 3.05) is 13.1 Å². The molecule has 4 nitrogen and oxygen atoms in total. The normalized spacial score (nSPS) is 20.4. The predicted octanol–water partition coefficient (Wildman–Crippen LogP) is 2.67. The summed E-state index contributed by atoms with van der Waals surface area (Å²) in [6.45, 7) is 13.8. The van der Waals surface area contributed by atoms with Gasteiger partial charge >= 0.3 is 0 Å². The molecule has 2 heterocycles. The molecular weight excluding hydrogens is 248 g/mol. The first kappa shape index (κ1) is 14.8. The molecule has 0 atom stereocenters. The van der Waals surface area contributed by atoms with Crippen LogP contribution in [0.3, 0.4) is 0 Å². The molecule has 1 aromatic heterocycles. The van der Waals surface area contributed by atoms with Gasteiger partial charge in [0.1, 0.15) is 0 Å². The van der Waals surface area contributed by atoms with Crippen molar-refractivity contribution in [1.82, 2.24) is 15.2 Å². The molecular formula is C16H26N4. The van der Waals surface area contributed by atoms with Gasteiger partial charge in [-0.25, -0.2) is 4.99 Å². The Morgan fingerprint density at radius 3 is 2.60 bits per heavy atom. The van der Waals surface area contributed by atoms with Crippen LogP contribution >= 0.6 is 0 Å². The molecule has 0 aliphatic carbocycles. The van der Waals surface area contributed by atoms with E-state index in [4.69, 9.17) is 4.99 Å². The fourth-order valence-corrected chi connectivity index (χ4v) is 2.44. The third kappa shape index (κ3) is 2.65. The highest BCUT2D eigenvalue weighted by Crippen LogP contribution is 2.46. The van der Waals surface area contributed by atoms with Crippen molar-refractivity contribution in [2.45, 2.75) is 46.7 Å². The van der Waals surface area contributed by atoms with Crippen molar-refractivity contribution in [3.05, 3.63) is 30.1 Å². The lowest BCUT2D eigenvalue weighted by atomic mass is 9.65. The molecule has 20 heavy (non-hydrogen) atoms. The lowest BCUT2D eigenvalue weighted by Gasteiger charge is -2.62. The van der Waals surface area contributed by atoms with Crippen LogP contribution in [-0.4, -0.2) is 34.5 Å². The molecule has 0 aromatic carbocycles. The number of nitrogens with zero attached hydrogens (tertiary/aromatic N) is 3. The minimum atomic E-state index is 0.123. The van der Waals surface area contributed by atoms with E-state index in [1.807, 2.05) is 24.4 Å². The van der Waals surface area contributed by atoms with Crippen molar-refractivity contribution in [1.29, 1.82) is 0 Å². The summed E-state index contributed by atoms with van der Waals surface area (Å²) >= 11 is 0. The second-order valence-corrected chi connectivity index (χ2v) is 6.52. The Bertz CT molecular complexity index is 477. The van der Waals surface area contributed by atoms with Gasteiger partial charge in [0.15, 0.2) is 5.96 Å². The summed E-state index contributed by atoms with van der Waals surface area (Å²) in [6, 6.07) is 5.94. The van der Waals surface area contributed by atoms with Gasteiger partial charge in [-0.3, -0.25) is 4.98 Å². The van der Waals surface area contributed by atoms with Crippen LogP contribution in [0.1, 0.15) is 40.3 Å². The van der Waals surface area contributed by atoms with Gasteiger partial charge in [-0.05, 0) is 32.9 Å². The van der Waals surface area contributed by atoms with Gasteiger partial charge in [0, 0.05) is 30.2 Å². The quantitative estimate of drug-likeness (QED) is 0.680. The number of pyridine rings is 1. The molecule has 0 spiro atoms. The van der Waals surface area contributed by atoms with E-state index in [-0.39, 0.29) is 5.54 Å². The number of nitrogens with one attached hydrogen (secondary N) is 1. The maximum atomic E-state index is 4.74. The van der Waals surface area contributed by atoms with E-state index < -0.39 is 0 Å². The lowest BCUT2D eigenvalue weighted by molar-refractivity contribution is -0.0667. The average molecular weight is 274 g/mol. The third-order valence-electron chi connectivity index (χ3n) is 4.59. The van der Waals surface area contributed by atoms with Gasteiger partial charge in [0.05, 0.1) is 12.2 Å². The number of hydrogen-bond donors (Lipinski definition) is 1. The first-order valence-electron chi connectivity index (χ1n) is 7.34. The van der Waals surface area contributed by atoms with Gasteiger partial charge in [-0.15, -0.1) is 0 Å². The van der Waals surface area contributed by atoms with Crippen LogP contribution in [0, 0.1) is 5.41 Å². The number of rotatable bonds is 3.